The van der Waals surface area contributed by atoms with Crippen molar-refractivity contribution in [3.05, 3.63) is 154 Å². The van der Waals surface area contributed by atoms with E-state index < -0.39 is 5.60 Å². The first kappa shape index (κ1) is 37.6. The topological polar surface area (TPSA) is 20.2 Å². The molecule has 0 unspecified atom stereocenters. The van der Waals surface area contributed by atoms with Gasteiger partial charge in [0.2, 0.25) is 0 Å². The van der Waals surface area contributed by atoms with Crippen LogP contribution in [0.2, 0.25) is 0 Å². The molecule has 0 fully saturated rings. The second-order valence-corrected chi connectivity index (χ2v) is 11.6. The highest BCUT2D eigenvalue weighted by atomic mass is 16.3. The minimum Gasteiger partial charge on any atom is -0.386 e. The third-order valence-electron chi connectivity index (χ3n) is 5.80. The maximum Gasteiger partial charge on any atom is 0.0771 e. The summed E-state index contributed by atoms with van der Waals surface area (Å²) in [4.78, 5) is 0. The molecule has 1 heteroatoms. The fraction of sp³-hybridized carbons (Fsp3) is 0.350. The Balaban J connectivity index is 4.73. The average molecular weight is 553 g/mol. The molecular formula is C40H56O. The minimum absolute atomic E-state index is 0.755. The van der Waals surface area contributed by atoms with Crippen molar-refractivity contribution >= 4 is 0 Å². The molecule has 1 N–H and O–H groups in total. The minimum atomic E-state index is -0.755. The number of allylic oxidation sites excluding steroid dienone is 25. The molecule has 0 atom stereocenters. The van der Waals surface area contributed by atoms with E-state index in [1.165, 1.54) is 39.0 Å². The van der Waals surface area contributed by atoms with Gasteiger partial charge in [0.25, 0.3) is 0 Å². The fourth-order valence-corrected chi connectivity index (χ4v) is 3.34. The van der Waals surface area contributed by atoms with Gasteiger partial charge in [0, 0.05) is 0 Å². The third kappa shape index (κ3) is 26.6. The van der Waals surface area contributed by atoms with Gasteiger partial charge in [-0.1, -0.05) is 154 Å². The Bertz CT molecular complexity index is 1180. The lowest BCUT2D eigenvalue weighted by atomic mass is 10.1. The molecule has 0 aliphatic heterocycles. The highest BCUT2D eigenvalue weighted by Crippen LogP contribution is 2.09. The van der Waals surface area contributed by atoms with Crippen LogP contribution in [0.15, 0.2) is 154 Å². The van der Waals surface area contributed by atoms with E-state index >= 15 is 0 Å². The molecule has 0 aliphatic carbocycles. The molecule has 0 saturated carbocycles. The third-order valence-corrected chi connectivity index (χ3v) is 5.80. The molecular weight excluding hydrogens is 496 g/mol. The molecule has 0 aromatic rings. The molecule has 0 aromatic carbocycles. The van der Waals surface area contributed by atoms with Crippen LogP contribution in [-0.4, -0.2) is 10.7 Å². The molecule has 222 valence electrons. The summed E-state index contributed by atoms with van der Waals surface area (Å²) >= 11 is 0. The highest BCUT2D eigenvalue weighted by molar-refractivity contribution is 5.32. The summed E-state index contributed by atoms with van der Waals surface area (Å²) in [6, 6.07) is 0. The van der Waals surface area contributed by atoms with Crippen LogP contribution in [0.5, 0.6) is 0 Å². The average Bonchev–Trinajstić information content (AvgIpc) is 2.85. The second-order valence-electron chi connectivity index (χ2n) is 11.6. The quantitative estimate of drug-likeness (QED) is 0.149. The van der Waals surface area contributed by atoms with Gasteiger partial charge in [0.05, 0.1) is 5.60 Å². The zero-order valence-corrected chi connectivity index (χ0v) is 27.5. The number of hydrogen-bond acceptors (Lipinski definition) is 1. The van der Waals surface area contributed by atoms with E-state index in [-0.39, 0.29) is 0 Å². The van der Waals surface area contributed by atoms with Crippen LogP contribution in [0.25, 0.3) is 0 Å². The van der Waals surface area contributed by atoms with E-state index in [4.69, 9.17) is 0 Å². The molecule has 0 rings (SSSR count). The molecule has 0 spiro atoms. The molecule has 0 aliphatic rings. The monoisotopic (exact) mass is 552 g/mol. The van der Waals surface area contributed by atoms with Crippen LogP contribution in [0, 0.1) is 0 Å². The molecule has 0 amide bonds. The Hall–Kier alpha value is -3.42. The van der Waals surface area contributed by atoms with Gasteiger partial charge < -0.3 is 5.11 Å². The number of hydrogen-bond donors (Lipinski definition) is 1. The largest absolute Gasteiger partial charge is 0.386 e. The summed E-state index contributed by atoms with van der Waals surface area (Å²) in [5.41, 5.74) is 8.09. The lowest BCUT2D eigenvalue weighted by Crippen LogP contribution is -2.13. The first-order valence-electron chi connectivity index (χ1n) is 14.7. The summed E-state index contributed by atoms with van der Waals surface area (Å²) < 4.78 is 0. The Morgan fingerprint density at radius 2 is 0.927 bits per heavy atom. The first-order valence-corrected chi connectivity index (χ1v) is 14.7. The Morgan fingerprint density at radius 1 is 0.537 bits per heavy atom. The summed E-state index contributed by atoms with van der Waals surface area (Å²) in [6.07, 6.45) is 43.0. The first-order chi connectivity index (χ1) is 19.3. The van der Waals surface area contributed by atoms with E-state index in [2.05, 4.69) is 159 Å². The lowest BCUT2D eigenvalue weighted by molar-refractivity contribution is 0.133. The van der Waals surface area contributed by atoms with Crippen LogP contribution in [0.1, 0.15) is 88.5 Å². The maximum absolute atomic E-state index is 9.73. The van der Waals surface area contributed by atoms with Crippen molar-refractivity contribution in [2.45, 2.75) is 94.1 Å². The van der Waals surface area contributed by atoms with Crippen molar-refractivity contribution in [3.8, 4) is 0 Å². The van der Waals surface area contributed by atoms with Gasteiger partial charge >= 0.3 is 0 Å². The van der Waals surface area contributed by atoms with Gasteiger partial charge in [-0.2, -0.15) is 0 Å². The van der Waals surface area contributed by atoms with E-state index in [1.807, 2.05) is 12.2 Å². The normalized spacial score (nSPS) is 15.8. The van der Waals surface area contributed by atoms with Gasteiger partial charge in [-0.05, 0) is 88.5 Å². The zero-order chi connectivity index (χ0) is 31.1. The van der Waals surface area contributed by atoms with E-state index in [1.54, 1.807) is 13.8 Å². The van der Waals surface area contributed by atoms with Gasteiger partial charge in [-0.15, -0.1) is 0 Å². The van der Waals surface area contributed by atoms with Gasteiger partial charge in [0.1, 0.15) is 0 Å². The Kier molecular flexibility index (Phi) is 20.4. The van der Waals surface area contributed by atoms with Crippen molar-refractivity contribution < 1.29 is 5.11 Å². The Morgan fingerprint density at radius 3 is 1.34 bits per heavy atom. The molecule has 1 nitrogen and oxygen atoms in total. The number of rotatable bonds is 16. The highest BCUT2D eigenvalue weighted by Gasteiger charge is 2.04. The Labute approximate surface area is 253 Å². The van der Waals surface area contributed by atoms with Crippen LogP contribution < -0.4 is 0 Å². The molecule has 0 radical (unpaired) electrons. The van der Waals surface area contributed by atoms with E-state index in [0.717, 1.165) is 19.3 Å². The molecule has 41 heavy (non-hydrogen) atoms. The van der Waals surface area contributed by atoms with Crippen molar-refractivity contribution in [2.24, 2.45) is 0 Å². The summed E-state index contributed by atoms with van der Waals surface area (Å²) in [7, 11) is 0. The zero-order valence-electron chi connectivity index (χ0n) is 27.5. The molecule has 0 heterocycles. The van der Waals surface area contributed by atoms with Crippen molar-refractivity contribution in [1.29, 1.82) is 0 Å². The maximum atomic E-state index is 9.73. The predicted molar refractivity (Wildman–Crippen MR) is 187 cm³/mol. The van der Waals surface area contributed by atoms with Gasteiger partial charge in [-0.3, -0.25) is 0 Å². The predicted octanol–water partition coefficient (Wildman–Crippen LogP) is 11.9. The van der Waals surface area contributed by atoms with Crippen molar-refractivity contribution in [2.75, 3.05) is 0 Å². The van der Waals surface area contributed by atoms with Crippen molar-refractivity contribution in [3.63, 3.8) is 0 Å². The van der Waals surface area contributed by atoms with E-state index in [9.17, 15) is 5.11 Å². The van der Waals surface area contributed by atoms with Crippen LogP contribution in [-0.2, 0) is 0 Å². The van der Waals surface area contributed by atoms with Crippen LogP contribution in [0.4, 0.5) is 0 Å². The van der Waals surface area contributed by atoms with Crippen molar-refractivity contribution in [1.82, 2.24) is 0 Å². The van der Waals surface area contributed by atoms with Gasteiger partial charge in [0.15, 0.2) is 0 Å². The van der Waals surface area contributed by atoms with Gasteiger partial charge in [-0.25, -0.2) is 0 Å². The van der Waals surface area contributed by atoms with Crippen LogP contribution >= 0.6 is 0 Å². The smallest absolute Gasteiger partial charge is 0.0771 e. The summed E-state index contributed by atoms with van der Waals surface area (Å²) in [5, 5.41) is 9.73. The molecule has 0 saturated heterocycles. The fourth-order valence-electron chi connectivity index (χ4n) is 3.34. The summed E-state index contributed by atoms with van der Waals surface area (Å²) in [6.45, 7) is 20.6. The molecule has 0 aromatic heterocycles. The lowest BCUT2D eigenvalue weighted by Gasteiger charge is -2.09. The molecule has 0 bridgehead atoms. The van der Waals surface area contributed by atoms with E-state index in [0.29, 0.717) is 0 Å². The standard InChI is InChI=1S/C40H56O/c1-33(2)19-13-22-36(5)25-16-28-37(6)26-14-23-34(3)20-11-12-21-35(4)24-15-27-38(7)29-17-30-39(8)31-18-32-40(9,10)41/h11-12,14-21,23-30,32,41H,13,22,31H2,1-10H3. The second kappa shape index (κ2) is 22.3. The SMILES string of the molecule is CC(C)=CCCC(C)=CC=CC(C)=CC=CC(C)=CC=CC=C(C)C=CC=C(C)C=CC=C(C)CC=CC(C)(C)O. The van der Waals surface area contributed by atoms with Crippen LogP contribution in [0.3, 0.4) is 0 Å². The summed E-state index contributed by atoms with van der Waals surface area (Å²) in [5.74, 6) is 0. The number of aliphatic hydroxyl groups is 1.